The van der Waals surface area contributed by atoms with Gasteiger partial charge in [0.25, 0.3) is 11.5 Å². The minimum atomic E-state index is -0.555. The maximum absolute atomic E-state index is 13.3. The van der Waals surface area contributed by atoms with E-state index in [1.165, 1.54) is 0 Å². The van der Waals surface area contributed by atoms with Crippen molar-refractivity contribution >= 4 is 34.5 Å². The van der Waals surface area contributed by atoms with Gasteiger partial charge in [-0.1, -0.05) is 29.8 Å². The average molecular weight is 494 g/mol. The summed E-state index contributed by atoms with van der Waals surface area (Å²) in [6.07, 6.45) is 2.58. The minimum absolute atomic E-state index is 0.0445. The van der Waals surface area contributed by atoms with Gasteiger partial charge in [0, 0.05) is 31.7 Å². The van der Waals surface area contributed by atoms with Crippen LogP contribution >= 0.6 is 11.8 Å². The zero-order valence-electron chi connectivity index (χ0n) is 20.1. The Bertz CT molecular complexity index is 1250. The first-order valence-corrected chi connectivity index (χ1v) is 13.2. The number of aromatic amines is 1. The van der Waals surface area contributed by atoms with Crippen molar-refractivity contribution in [3.63, 3.8) is 0 Å². The van der Waals surface area contributed by atoms with Crippen LogP contribution in [0.4, 0.5) is 0 Å². The van der Waals surface area contributed by atoms with Gasteiger partial charge in [-0.2, -0.15) is 11.8 Å². The van der Waals surface area contributed by atoms with Gasteiger partial charge >= 0.3 is 0 Å². The summed E-state index contributed by atoms with van der Waals surface area (Å²) in [5, 5.41) is 3.54. The normalized spacial score (nSPS) is 15.2. The largest absolute Gasteiger partial charge is 0.340 e. The summed E-state index contributed by atoms with van der Waals surface area (Å²) < 4.78 is 0. The van der Waals surface area contributed by atoms with Crippen LogP contribution in [0.15, 0.2) is 53.3 Å². The van der Waals surface area contributed by atoms with Gasteiger partial charge < -0.3 is 15.2 Å². The van der Waals surface area contributed by atoms with Crippen molar-refractivity contribution in [1.82, 2.24) is 25.1 Å². The molecule has 1 fully saturated rings. The van der Waals surface area contributed by atoms with E-state index >= 15 is 0 Å². The molecule has 0 radical (unpaired) electrons. The Hall–Kier alpha value is -3.17. The third-order valence-electron chi connectivity index (χ3n) is 6.21. The van der Waals surface area contributed by atoms with Gasteiger partial charge in [-0.05, 0) is 49.6 Å². The molecule has 1 unspecified atom stereocenters. The van der Waals surface area contributed by atoms with Crippen LogP contribution in [0, 0.1) is 6.92 Å². The van der Waals surface area contributed by atoms with E-state index in [0.717, 1.165) is 11.3 Å². The Morgan fingerprint density at radius 3 is 2.63 bits per heavy atom. The first-order chi connectivity index (χ1) is 16.9. The van der Waals surface area contributed by atoms with E-state index in [1.807, 2.05) is 54.5 Å². The van der Waals surface area contributed by atoms with Gasteiger partial charge in [0.2, 0.25) is 5.91 Å². The van der Waals surface area contributed by atoms with Crippen LogP contribution in [-0.2, 0) is 11.3 Å². The third kappa shape index (κ3) is 6.29. The average Bonchev–Trinajstić information content (AvgIpc) is 2.86. The van der Waals surface area contributed by atoms with E-state index < -0.39 is 6.04 Å². The zero-order chi connectivity index (χ0) is 24.8. The topological polar surface area (TPSA) is 98.4 Å². The SMILES string of the molecule is CSCCC(NC(=O)c1cccc(C)c1)C(=O)N1CCN(Cc2nc3ccccc3c(=O)[nH]2)CC1. The second kappa shape index (κ2) is 11.5. The highest BCUT2D eigenvalue weighted by molar-refractivity contribution is 7.98. The van der Waals surface area contributed by atoms with Crippen molar-refractivity contribution in [2.24, 2.45) is 0 Å². The van der Waals surface area contributed by atoms with Gasteiger partial charge in [-0.25, -0.2) is 4.98 Å². The highest BCUT2D eigenvalue weighted by atomic mass is 32.2. The molecule has 1 aromatic heterocycles. The fourth-order valence-electron chi connectivity index (χ4n) is 4.29. The Labute approximate surface area is 209 Å². The van der Waals surface area contributed by atoms with Crippen molar-refractivity contribution in [2.45, 2.75) is 25.9 Å². The van der Waals surface area contributed by atoms with Crippen molar-refractivity contribution in [3.05, 3.63) is 75.8 Å². The van der Waals surface area contributed by atoms with Crippen molar-refractivity contribution in [2.75, 3.05) is 38.2 Å². The summed E-state index contributed by atoms with van der Waals surface area (Å²) in [6, 6.07) is 14.1. The number of para-hydroxylation sites is 1. The molecule has 0 spiro atoms. The standard InChI is InChI=1S/C26H31N5O3S/c1-18-6-5-7-19(16-18)24(32)28-22(10-15-35-2)26(34)31-13-11-30(12-14-31)17-23-27-21-9-4-3-8-20(21)25(33)29-23/h3-9,16,22H,10-15,17H2,1-2H3,(H,28,32)(H,27,29,33). The minimum Gasteiger partial charge on any atom is -0.340 e. The van der Waals surface area contributed by atoms with Crippen LogP contribution in [0.5, 0.6) is 0 Å². The summed E-state index contributed by atoms with van der Waals surface area (Å²) in [7, 11) is 0. The second-order valence-electron chi connectivity index (χ2n) is 8.81. The number of hydrogen-bond donors (Lipinski definition) is 2. The Morgan fingerprint density at radius 2 is 1.89 bits per heavy atom. The fraction of sp³-hybridized carbons (Fsp3) is 0.385. The second-order valence-corrected chi connectivity index (χ2v) is 9.79. The van der Waals surface area contributed by atoms with Gasteiger partial charge in [-0.15, -0.1) is 0 Å². The lowest BCUT2D eigenvalue weighted by atomic mass is 10.1. The van der Waals surface area contributed by atoms with Crippen LogP contribution in [0.1, 0.15) is 28.2 Å². The summed E-state index contributed by atoms with van der Waals surface area (Å²) >= 11 is 1.66. The lowest BCUT2D eigenvalue weighted by molar-refractivity contribution is -0.135. The fourth-order valence-corrected chi connectivity index (χ4v) is 4.76. The van der Waals surface area contributed by atoms with Gasteiger partial charge in [0.05, 0.1) is 17.4 Å². The molecule has 0 saturated carbocycles. The van der Waals surface area contributed by atoms with Crippen LogP contribution in [0.25, 0.3) is 10.9 Å². The smallest absolute Gasteiger partial charge is 0.258 e. The highest BCUT2D eigenvalue weighted by Crippen LogP contribution is 2.13. The number of fused-ring (bicyclic) bond motifs is 1. The van der Waals surface area contributed by atoms with Crippen LogP contribution < -0.4 is 10.9 Å². The first kappa shape index (κ1) is 24.9. The molecule has 9 heteroatoms. The van der Waals surface area contributed by atoms with Crippen molar-refractivity contribution in [3.8, 4) is 0 Å². The summed E-state index contributed by atoms with van der Waals surface area (Å²) in [5.41, 5.74) is 2.11. The molecule has 8 nitrogen and oxygen atoms in total. The first-order valence-electron chi connectivity index (χ1n) is 11.8. The van der Waals surface area contributed by atoms with E-state index in [-0.39, 0.29) is 17.4 Å². The number of hydrogen-bond acceptors (Lipinski definition) is 6. The molecule has 2 amide bonds. The number of benzene rings is 2. The summed E-state index contributed by atoms with van der Waals surface area (Å²) in [5.74, 6) is 1.14. The van der Waals surface area contributed by atoms with E-state index in [1.54, 1.807) is 23.9 Å². The van der Waals surface area contributed by atoms with Crippen LogP contribution in [0.3, 0.4) is 0 Å². The lowest BCUT2D eigenvalue weighted by Gasteiger charge is -2.36. The number of nitrogens with zero attached hydrogens (tertiary/aromatic N) is 3. The van der Waals surface area contributed by atoms with Gasteiger partial charge in [0.1, 0.15) is 11.9 Å². The van der Waals surface area contributed by atoms with Crippen LogP contribution in [-0.4, -0.2) is 75.8 Å². The molecule has 1 aliphatic heterocycles. The molecule has 1 aliphatic rings. The van der Waals surface area contributed by atoms with E-state index in [2.05, 4.69) is 20.2 Å². The lowest BCUT2D eigenvalue weighted by Crippen LogP contribution is -2.55. The molecular formula is C26H31N5O3S. The molecule has 184 valence electrons. The molecule has 2 N–H and O–H groups in total. The molecule has 2 aromatic carbocycles. The summed E-state index contributed by atoms with van der Waals surface area (Å²) in [6.45, 7) is 4.92. The number of amides is 2. The van der Waals surface area contributed by atoms with E-state index in [9.17, 15) is 14.4 Å². The number of carbonyl (C=O) groups excluding carboxylic acids is 2. The predicted molar refractivity (Wildman–Crippen MR) is 140 cm³/mol. The molecular weight excluding hydrogens is 462 g/mol. The molecule has 0 aliphatic carbocycles. The van der Waals surface area contributed by atoms with Crippen molar-refractivity contribution < 1.29 is 9.59 Å². The number of rotatable bonds is 8. The van der Waals surface area contributed by atoms with E-state index in [0.29, 0.717) is 61.4 Å². The molecule has 1 atom stereocenters. The zero-order valence-corrected chi connectivity index (χ0v) is 20.9. The van der Waals surface area contributed by atoms with Crippen LogP contribution in [0.2, 0.25) is 0 Å². The molecule has 4 rings (SSSR count). The third-order valence-corrected chi connectivity index (χ3v) is 6.86. The van der Waals surface area contributed by atoms with Gasteiger partial charge in [-0.3, -0.25) is 19.3 Å². The quantitative estimate of drug-likeness (QED) is 0.500. The number of H-pyrrole nitrogens is 1. The number of carbonyl (C=O) groups is 2. The van der Waals surface area contributed by atoms with Gasteiger partial charge in [0.15, 0.2) is 0 Å². The molecule has 35 heavy (non-hydrogen) atoms. The molecule has 2 heterocycles. The monoisotopic (exact) mass is 493 g/mol. The van der Waals surface area contributed by atoms with Crippen molar-refractivity contribution in [1.29, 1.82) is 0 Å². The highest BCUT2D eigenvalue weighted by Gasteiger charge is 2.29. The number of thioether (sulfide) groups is 1. The maximum atomic E-state index is 13.3. The van der Waals surface area contributed by atoms with E-state index in [4.69, 9.17) is 0 Å². The number of aryl methyl sites for hydroxylation is 1. The predicted octanol–water partition coefficient (Wildman–Crippen LogP) is 2.43. The Morgan fingerprint density at radius 1 is 1.11 bits per heavy atom. The number of aromatic nitrogens is 2. The molecule has 3 aromatic rings. The Kier molecular flexibility index (Phi) is 8.20. The molecule has 0 bridgehead atoms. The number of piperazine rings is 1. The number of nitrogens with one attached hydrogen (secondary N) is 2. The Balaban J connectivity index is 1.37. The molecule has 1 saturated heterocycles. The summed E-state index contributed by atoms with van der Waals surface area (Å²) in [4.78, 5) is 49.9. The maximum Gasteiger partial charge on any atom is 0.258 e.